The molecule has 0 amide bonds. The highest BCUT2D eigenvalue weighted by molar-refractivity contribution is 5.53. The SMILES string of the molecule is C=CCCCCN.O=C(O)O. The summed E-state index contributed by atoms with van der Waals surface area (Å²) in [5.74, 6) is 0. The quantitative estimate of drug-likeness (QED) is 0.431. The predicted molar refractivity (Wildman–Crippen MR) is 43.8 cm³/mol. The van der Waals surface area contributed by atoms with Crippen LogP contribution in [-0.4, -0.2) is 22.9 Å². The number of nitrogens with two attached hydrogens (primary N) is 1. The van der Waals surface area contributed by atoms with Gasteiger partial charge in [-0.05, 0) is 25.8 Å². The second-order valence-corrected chi connectivity index (χ2v) is 1.86. The number of hydrogen-bond acceptors (Lipinski definition) is 2. The summed E-state index contributed by atoms with van der Waals surface area (Å²) in [5, 5.41) is 13.9. The first-order valence-electron chi connectivity index (χ1n) is 3.38. The molecule has 0 aliphatic heterocycles. The molecule has 4 nitrogen and oxygen atoms in total. The molecule has 0 unspecified atom stereocenters. The van der Waals surface area contributed by atoms with Gasteiger partial charge in [-0.15, -0.1) is 6.58 Å². The minimum absolute atomic E-state index is 0.813. The molecule has 0 fully saturated rings. The van der Waals surface area contributed by atoms with Gasteiger partial charge in [-0.1, -0.05) is 6.08 Å². The van der Waals surface area contributed by atoms with Crippen molar-refractivity contribution in [1.29, 1.82) is 0 Å². The smallest absolute Gasteiger partial charge is 0.450 e. The molecule has 66 valence electrons. The van der Waals surface area contributed by atoms with Gasteiger partial charge in [0.2, 0.25) is 0 Å². The largest absolute Gasteiger partial charge is 0.503 e. The highest BCUT2D eigenvalue weighted by Gasteiger charge is 1.77. The molecule has 0 aliphatic carbocycles. The van der Waals surface area contributed by atoms with Crippen LogP contribution in [0.15, 0.2) is 12.7 Å². The normalized spacial score (nSPS) is 7.73. The molecule has 0 aromatic heterocycles. The monoisotopic (exact) mass is 161 g/mol. The summed E-state index contributed by atoms with van der Waals surface area (Å²) in [6, 6.07) is 0. The van der Waals surface area contributed by atoms with E-state index in [2.05, 4.69) is 6.58 Å². The van der Waals surface area contributed by atoms with Gasteiger partial charge in [0.1, 0.15) is 0 Å². The van der Waals surface area contributed by atoms with Crippen LogP contribution in [0.5, 0.6) is 0 Å². The Hall–Kier alpha value is -1.03. The Morgan fingerprint density at radius 3 is 2.18 bits per heavy atom. The van der Waals surface area contributed by atoms with Gasteiger partial charge in [0.15, 0.2) is 0 Å². The van der Waals surface area contributed by atoms with E-state index in [-0.39, 0.29) is 0 Å². The van der Waals surface area contributed by atoms with E-state index >= 15 is 0 Å². The Bertz CT molecular complexity index is 99.9. The molecule has 0 saturated carbocycles. The lowest BCUT2D eigenvalue weighted by Crippen LogP contribution is -1.96. The Morgan fingerprint density at radius 2 is 1.91 bits per heavy atom. The van der Waals surface area contributed by atoms with Gasteiger partial charge in [0.25, 0.3) is 0 Å². The molecule has 0 aromatic rings. The van der Waals surface area contributed by atoms with Crippen LogP contribution in [0.1, 0.15) is 19.3 Å². The van der Waals surface area contributed by atoms with Crippen LogP contribution in [0.4, 0.5) is 4.79 Å². The molecule has 0 bridgehead atoms. The molecule has 4 heteroatoms. The second kappa shape index (κ2) is 11.7. The van der Waals surface area contributed by atoms with E-state index in [1.54, 1.807) is 0 Å². The average Bonchev–Trinajstić information content (AvgIpc) is 1.88. The number of carboxylic acid groups (broad SMARTS) is 2. The summed E-state index contributed by atoms with van der Waals surface area (Å²) in [5.41, 5.74) is 5.23. The summed E-state index contributed by atoms with van der Waals surface area (Å²) in [7, 11) is 0. The molecule has 0 spiro atoms. The van der Waals surface area contributed by atoms with Crippen LogP contribution in [0.2, 0.25) is 0 Å². The van der Waals surface area contributed by atoms with E-state index in [4.69, 9.17) is 20.7 Å². The Morgan fingerprint density at radius 1 is 1.45 bits per heavy atom. The maximum atomic E-state index is 8.56. The van der Waals surface area contributed by atoms with E-state index in [1.165, 1.54) is 6.42 Å². The maximum absolute atomic E-state index is 8.56. The number of hydrogen-bond donors (Lipinski definition) is 3. The van der Waals surface area contributed by atoms with Crippen LogP contribution in [0, 0.1) is 0 Å². The van der Waals surface area contributed by atoms with Crippen molar-refractivity contribution in [3.63, 3.8) is 0 Å². The van der Waals surface area contributed by atoms with E-state index in [0.29, 0.717) is 0 Å². The van der Waals surface area contributed by atoms with Crippen molar-refractivity contribution in [3.8, 4) is 0 Å². The fourth-order valence-corrected chi connectivity index (χ4v) is 0.433. The fraction of sp³-hybridized carbons (Fsp3) is 0.571. The van der Waals surface area contributed by atoms with Crippen molar-refractivity contribution in [1.82, 2.24) is 0 Å². The molecular weight excluding hydrogens is 146 g/mol. The first kappa shape index (κ1) is 12.6. The van der Waals surface area contributed by atoms with Gasteiger partial charge in [0, 0.05) is 0 Å². The van der Waals surface area contributed by atoms with Gasteiger partial charge >= 0.3 is 6.16 Å². The molecule has 0 aliphatic rings. The molecule has 4 N–H and O–H groups in total. The number of rotatable bonds is 4. The maximum Gasteiger partial charge on any atom is 0.503 e. The van der Waals surface area contributed by atoms with Gasteiger partial charge in [0.05, 0.1) is 0 Å². The Balaban J connectivity index is 0. The zero-order valence-corrected chi connectivity index (χ0v) is 6.49. The van der Waals surface area contributed by atoms with Crippen LogP contribution in [0.25, 0.3) is 0 Å². The summed E-state index contributed by atoms with van der Waals surface area (Å²) in [4.78, 5) is 8.56. The third-order valence-corrected chi connectivity index (χ3v) is 0.862. The summed E-state index contributed by atoms with van der Waals surface area (Å²) < 4.78 is 0. The number of allylic oxidation sites excluding steroid dienone is 1. The van der Waals surface area contributed by atoms with Crippen LogP contribution < -0.4 is 5.73 Å². The minimum atomic E-state index is -1.83. The number of unbranched alkanes of at least 4 members (excludes halogenated alkanes) is 2. The first-order chi connectivity index (χ1) is 5.15. The lowest BCUT2D eigenvalue weighted by molar-refractivity contribution is 0.137. The zero-order chi connectivity index (χ0) is 9.11. The van der Waals surface area contributed by atoms with Crippen molar-refractivity contribution in [2.75, 3.05) is 6.54 Å². The summed E-state index contributed by atoms with van der Waals surface area (Å²) >= 11 is 0. The van der Waals surface area contributed by atoms with E-state index in [0.717, 1.165) is 19.4 Å². The standard InChI is InChI=1S/C6H13N.CH2O3/c1-2-3-4-5-6-7;2-1(3)4/h2H,1,3-7H2;(H2,2,3,4). The van der Waals surface area contributed by atoms with Crippen LogP contribution in [-0.2, 0) is 0 Å². The van der Waals surface area contributed by atoms with Crippen molar-refractivity contribution in [2.24, 2.45) is 5.73 Å². The molecule has 0 saturated heterocycles. The molecular formula is C7H15NO3. The predicted octanol–water partition coefficient (Wildman–Crippen LogP) is 1.52. The van der Waals surface area contributed by atoms with Crippen molar-refractivity contribution in [2.45, 2.75) is 19.3 Å². The van der Waals surface area contributed by atoms with Crippen molar-refractivity contribution in [3.05, 3.63) is 12.7 Å². The van der Waals surface area contributed by atoms with E-state index in [9.17, 15) is 0 Å². The summed E-state index contributed by atoms with van der Waals surface area (Å²) in [6.45, 7) is 4.41. The van der Waals surface area contributed by atoms with Crippen LogP contribution in [0.3, 0.4) is 0 Å². The molecule has 0 radical (unpaired) electrons. The minimum Gasteiger partial charge on any atom is -0.450 e. The average molecular weight is 161 g/mol. The molecule has 0 heterocycles. The molecule has 0 atom stereocenters. The van der Waals surface area contributed by atoms with E-state index < -0.39 is 6.16 Å². The topological polar surface area (TPSA) is 83.6 Å². The van der Waals surface area contributed by atoms with Gasteiger partial charge in [-0.25, -0.2) is 4.79 Å². The molecule has 11 heavy (non-hydrogen) atoms. The highest BCUT2D eigenvalue weighted by atomic mass is 16.6. The Labute approximate surface area is 66.3 Å². The highest BCUT2D eigenvalue weighted by Crippen LogP contribution is 1.91. The van der Waals surface area contributed by atoms with Crippen molar-refractivity contribution < 1.29 is 15.0 Å². The fourth-order valence-electron chi connectivity index (χ4n) is 0.433. The van der Waals surface area contributed by atoms with Gasteiger partial charge < -0.3 is 15.9 Å². The lowest BCUT2D eigenvalue weighted by atomic mass is 10.2. The molecule has 0 rings (SSSR count). The van der Waals surface area contributed by atoms with E-state index in [1.807, 2.05) is 6.08 Å². The summed E-state index contributed by atoms with van der Waals surface area (Å²) in [6.07, 6.45) is 3.53. The Kier molecular flexibility index (Phi) is 13.5. The number of carbonyl (C=O) groups is 1. The van der Waals surface area contributed by atoms with Gasteiger partial charge in [-0.2, -0.15) is 0 Å². The molecule has 0 aromatic carbocycles. The first-order valence-corrected chi connectivity index (χ1v) is 3.38. The van der Waals surface area contributed by atoms with Gasteiger partial charge in [-0.3, -0.25) is 0 Å². The second-order valence-electron chi connectivity index (χ2n) is 1.86. The van der Waals surface area contributed by atoms with Crippen LogP contribution >= 0.6 is 0 Å². The third kappa shape index (κ3) is 49.4. The zero-order valence-electron chi connectivity index (χ0n) is 6.49. The van der Waals surface area contributed by atoms with Crippen molar-refractivity contribution >= 4 is 6.16 Å². The third-order valence-electron chi connectivity index (χ3n) is 0.862. The lowest BCUT2D eigenvalue weighted by Gasteiger charge is -1.88.